The molecule has 0 unspecified atom stereocenters. The van der Waals surface area contributed by atoms with E-state index in [1.165, 1.54) is 0 Å². The lowest BCUT2D eigenvalue weighted by Crippen LogP contribution is -2.01. The number of carbonyl (C=O) groups is 1. The molecule has 0 fully saturated rings. The van der Waals surface area contributed by atoms with Gasteiger partial charge in [0.15, 0.2) is 5.78 Å². The van der Waals surface area contributed by atoms with Gasteiger partial charge in [-0.3, -0.25) is 4.79 Å². The van der Waals surface area contributed by atoms with Gasteiger partial charge in [0.25, 0.3) is 0 Å². The number of carbonyl (C=O) groups excluding carboxylic acids is 1. The van der Waals surface area contributed by atoms with Crippen LogP contribution in [0.1, 0.15) is 28.4 Å². The fourth-order valence-electron chi connectivity index (χ4n) is 3.73. The van der Waals surface area contributed by atoms with Crippen molar-refractivity contribution in [2.45, 2.75) is 20.8 Å². The van der Waals surface area contributed by atoms with Crippen molar-refractivity contribution < 1.29 is 19.0 Å². The van der Waals surface area contributed by atoms with Gasteiger partial charge in [-0.2, -0.15) is 0 Å². The molecule has 0 radical (unpaired) electrons. The molecule has 0 bridgehead atoms. The van der Waals surface area contributed by atoms with Crippen molar-refractivity contribution in [2.24, 2.45) is 0 Å². The first-order valence-corrected chi connectivity index (χ1v) is 11.2. The molecule has 0 amide bonds. The number of benzene rings is 3. The molecule has 0 saturated heterocycles. The SMILES string of the molecule is COc1c(Br)cc(C)cc1-c1cc(C(C)=O)cc(-c2cc(C)cc(Br)c2OC)c1OC. The minimum absolute atomic E-state index is 0.0403. The lowest BCUT2D eigenvalue weighted by molar-refractivity contribution is 0.101. The van der Waals surface area contributed by atoms with Gasteiger partial charge < -0.3 is 14.2 Å². The van der Waals surface area contributed by atoms with Gasteiger partial charge in [-0.1, -0.05) is 0 Å². The summed E-state index contributed by atoms with van der Waals surface area (Å²) in [6.07, 6.45) is 0. The zero-order valence-corrected chi connectivity index (χ0v) is 21.5. The summed E-state index contributed by atoms with van der Waals surface area (Å²) < 4.78 is 19.0. The van der Waals surface area contributed by atoms with Crippen molar-refractivity contribution in [1.29, 1.82) is 0 Å². The first kappa shape index (κ1) is 23.4. The number of halogens is 2. The first-order valence-electron chi connectivity index (χ1n) is 9.63. The first-order chi connectivity index (χ1) is 14.7. The summed E-state index contributed by atoms with van der Waals surface area (Å²) in [5.41, 5.74) is 5.88. The minimum atomic E-state index is -0.0403. The normalized spacial score (nSPS) is 10.7. The van der Waals surface area contributed by atoms with Crippen molar-refractivity contribution in [3.05, 3.63) is 62.0 Å². The van der Waals surface area contributed by atoms with E-state index in [0.29, 0.717) is 22.8 Å². The van der Waals surface area contributed by atoms with Crippen LogP contribution >= 0.6 is 31.9 Å². The fraction of sp³-hybridized carbons (Fsp3) is 0.240. The molecule has 3 aromatic rings. The van der Waals surface area contributed by atoms with Crippen LogP contribution in [0.25, 0.3) is 22.3 Å². The number of ketones is 1. The summed E-state index contributed by atoms with van der Waals surface area (Å²) >= 11 is 7.19. The number of rotatable bonds is 6. The Morgan fingerprint density at radius 3 is 1.32 bits per heavy atom. The number of aryl methyl sites for hydroxylation is 2. The average molecular weight is 548 g/mol. The third-order valence-electron chi connectivity index (χ3n) is 5.06. The van der Waals surface area contributed by atoms with E-state index in [1.54, 1.807) is 28.3 Å². The van der Waals surface area contributed by atoms with Crippen LogP contribution in [-0.4, -0.2) is 27.1 Å². The molecule has 3 aromatic carbocycles. The van der Waals surface area contributed by atoms with Crippen molar-refractivity contribution in [3.63, 3.8) is 0 Å². The third-order valence-corrected chi connectivity index (χ3v) is 6.24. The molecule has 0 aromatic heterocycles. The quantitative estimate of drug-likeness (QED) is 0.302. The van der Waals surface area contributed by atoms with Crippen LogP contribution in [0, 0.1) is 13.8 Å². The summed E-state index contributed by atoms with van der Waals surface area (Å²) in [6.45, 7) is 5.58. The van der Waals surface area contributed by atoms with E-state index in [4.69, 9.17) is 14.2 Å². The molecule has 0 aliphatic carbocycles. The highest BCUT2D eigenvalue weighted by Crippen LogP contribution is 2.48. The standard InChI is InChI=1S/C25H24Br2O4/c1-13-7-17(24(30-5)21(26)9-13)19-11-16(15(3)28)12-20(23(19)29-4)18-8-14(2)10-22(27)25(18)31-6/h7-12H,1-6H3. The summed E-state index contributed by atoms with van der Waals surface area (Å²) in [5.74, 6) is 1.94. The highest BCUT2D eigenvalue weighted by molar-refractivity contribution is 9.11. The lowest BCUT2D eigenvalue weighted by Gasteiger charge is -2.20. The maximum atomic E-state index is 12.5. The predicted molar refractivity (Wildman–Crippen MR) is 132 cm³/mol. The van der Waals surface area contributed by atoms with E-state index in [1.807, 2.05) is 50.2 Å². The number of ether oxygens (including phenoxy) is 3. The molecule has 162 valence electrons. The van der Waals surface area contributed by atoms with Crippen LogP contribution in [0.3, 0.4) is 0 Å². The van der Waals surface area contributed by atoms with Gasteiger partial charge in [-0.15, -0.1) is 0 Å². The second-order valence-corrected chi connectivity index (χ2v) is 9.02. The summed E-state index contributed by atoms with van der Waals surface area (Å²) in [7, 11) is 4.88. The van der Waals surface area contributed by atoms with Crippen molar-refractivity contribution in [3.8, 4) is 39.5 Å². The fourth-order valence-corrected chi connectivity index (χ4v) is 5.20. The minimum Gasteiger partial charge on any atom is -0.495 e. The molecule has 0 N–H and O–H groups in total. The van der Waals surface area contributed by atoms with E-state index in [0.717, 1.165) is 42.3 Å². The molecular formula is C25H24Br2O4. The van der Waals surface area contributed by atoms with Gasteiger partial charge in [-0.05, 0) is 100 Å². The number of Topliss-reactive ketones (excluding diaryl/α,β-unsaturated/α-hetero) is 1. The zero-order valence-electron chi connectivity index (χ0n) is 18.4. The second kappa shape index (κ2) is 9.45. The van der Waals surface area contributed by atoms with E-state index in [-0.39, 0.29) is 5.78 Å². The molecule has 4 nitrogen and oxygen atoms in total. The topological polar surface area (TPSA) is 44.8 Å². The molecule has 0 saturated carbocycles. The summed E-state index contributed by atoms with van der Waals surface area (Å²) in [6, 6.07) is 11.7. The Bertz CT molecular complexity index is 1090. The van der Waals surface area contributed by atoms with Crippen LogP contribution in [-0.2, 0) is 0 Å². The Balaban J connectivity index is 2.48. The highest BCUT2D eigenvalue weighted by Gasteiger charge is 2.23. The van der Waals surface area contributed by atoms with Gasteiger partial charge in [0.2, 0.25) is 0 Å². The van der Waals surface area contributed by atoms with Crippen LogP contribution in [0.5, 0.6) is 17.2 Å². The van der Waals surface area contributed by atoms with Crippen LogP contribution < -0.4 is 14.2 Å². The molecular weight excluding hydrogens is 524 g/mol. The predicted octanol–water partition coefficient (Wildman–Crippen LogP) is 7.39. The Morgan fingerprint density at radius 1 is 0.645 bits per heavy atom. The Hall–Kier alpha value is -2.31. The van der Waals surface area contributed by atoms with E-state index in [2.05, 4.69) is 31.9 Å². The molecule has 0 aliphatic rings. The van der Waals surface area contributed by atoms with Crippen molar-refractivity contribution in [2.75, 3.05) is 21.3 Å². The van der Waals surface area contributed by atoms with Gasteiger partial charge in [0.1, 0.15) is 17.2 Å². The number of hydrogen-bond acceptors (Lipinski definition) is 4. The van der Waals surface area contributed by atoms with Gasteiger partial charge >= 0.3 is 0 Å². The molecule has 31 heavy (non-hydrogen) atoms. The molecule has 0 spiro atoms. The summed E-state index contributed by atoms with van der Waals surface area (Å²) in [4.78, 5) is 12.5. The Kier molecular flexibility index (Phi) is 7.12. The Labute approximate surface area is 199 Å². The molecule has 6 heteroatoms. The Morgan fingerprint density at radius 2 is 1.00 bits per heavy atom. The monoisotopic (exact) mass is 546 g/mol. The van der Waals surface area contributed by atoms with E-state index < -0.39 is 0 Å². The van der Waals surface area contributed by atoms with Gasteiger partial charge in [0.05, 0.1) is 30.3 Å². The highest BCUT2D eigenvalue weighted by atomic mass is 79.9. The molecule has 0 heterocycles. The van der Waals surface area contributed by atoms with E-state index >= 15 is 0 Å². The van der Waals surface area contributed by atoms with Gasteiger partial charge in [-0.25, -0.2) is 0 Å². The van der Waals surface area contributed by atoms with Crippen molar-refractivity contribution in [1.82, 2.24) is 0 Å². The number of hydrogen-bond donors (Lipinski definition) is 0. The lowest BCUT2D eigenvalue weighted by atomic mass is 9.91. The third kappa shape index (κ3) is 4.51. The van der Waals surface area contributed by atoms with Crippen LogP contribution in [0.15, 0.2) is 45.3 Å². The summed E-state index contributed by atoms with van der Waals surface area (Å²) in [5, 5.41) is 0. The second-order valence-electron chi connectivity index (χ2n) is 7.32. The maximum absolute atomic E-state index is 12.5. The van der Waals surface area contributed by atoms with E-state index in [9.17, 15) is 4.79 Å². The van der Waals surface area contributed by atoms with Gasteiger partial charge in [0, 0.05) is 27.8 Å². The smallest absolute Gasteiger partial charge is 0.159 e. The maximum Gasteiger partial charge on any atom is 0.159 e. The molecule has 0 aliphatic heterocycles. The van der Waals surface area contributed by atoms with Crippen LogP contribution in [0.4, 0.5) is 0 Å². The van der Waals surface area contributed by atoms with Crippen molar-refractivity contribution >= 4 is 37.6 Å². The molecule has 0 atom stereocenters. The van der Waals surface area contributed by atoms with Crippen LogP contribution in [0.2, 0.25) is 0 Å². The largest absolute Gasteiger partial charge is 0.495 e. The molecule has 3 rings (SSSR count). The number of methoxy groups -OCH3 is 3. The zero-order chi connectivity index (χ0) is 22.9. The average Bonchev–Trinajstić information content (AvgIpc) is 2.71.